The van der Waals surface area contributed by atoms with Crippen molar-refractivity contribution in [2.75, 3.05) is 20.3 Å². The molecule has 0 aliphatic heterocycles. The van der Waals surface area contributed by atoms with Crippen molar-refractivity contribution in [1.82, 2.24) is 0 Å². The first-order valence-electron chi connectivity index (χ1n) is 6.53. The Kier molecular flexibility index (Phi) is 6.49. The second-order valence-corrected chi connectivity index (χ2v) is 3.98. The van der Waals surface area contributed by atoms with Gasteiger partial charge in [-0.15, -0.1) is 0 Å². The van der Waals surface area contributed by atoms with Crippen LogP contribution in [0.15, 0.2) is 24.0 Å². The molecule has 0 unspecified atom stereocenters. The smallest absolute Gasteiger partial charge is 0.345 e. The molecule has 7 heteroatoms. The molecular formula is C15H16F2O5. The molecule has 1 aromatic rings. The molecule has 0 saturated carbocycles. The highest BCUT2D eigenvalue weighted by Gasteiger charge is 2.27. The topological polar surface area (TPSA) is 61.8 Å². The van der Waals surface area contributed by atoms with Gasteiger partial charge in [0.2, 0.25) is 5.78 Å². The van der Waals surface area contributed by atoms with Gasteiger partial charge in [0.05, 0.1) is 25.9 Å². The molecule has 0 fully saturated rings. The van der Waals surface area contributed by atoms with Gasteiger partial charge in [-0.2, -0.15) is 0 Å². The van der Waals surface area contributed by atoms with Gasteiger partial charge in [0.15, 0.2) is 17.4 Å². The van der Waals surface area contributed by atoms with E-state index in [0.717, 1.165) is 25.5 Å². The Morgan fingerprint density at radius 3 is 2.41 bits per heavy atom. The quantitative estimate of drug-likeness (QED) is 0.193. The Bertz CT molecular complexity index is 596. The van der Waals surface area contributed by atoms with Crippen LogP contribution in [0.3, 0.4) is 0 Å². The Balaban J connectivity index is 3.28. The van der Waals surface area contributed by atoms with E-state index in [-0.39, 0.29) is 13.2 Å². The van der Waals surface area contributed by atoms with E-state index in [1.165, 1.54) is 0 Å². The summed E-state index contributed by atoms with van der Waals surface area (Å²) in [4.78, 5) is 24.1. The zero-order chi connectivity index (χ0) is 16.7. The normalized spacial score (nSPS) is 11.0. The third-order valence-electron chi connectivity index (χ3n) is 2.61. The van der Waals surface area contributed by atoms with E-state index in [0.29, 0.717) is 0 Å². The second kappa shape index (κ2) is 8.11. The van der Waals surface area contributed by atoms with E-state index >= 15 is 0 Å². The molecule has 0 atom stereocenters. The molecule has 0 radical (unpaired) electrons. The summed E-state index contributed by atoms with van der Waals surface area (Å²) in [7, 11) is 1.07. The maximum absolute atomic E-state index is 14.1. The molecule has 0 amide bonds. The molecule has 0 saturated heterocycles. The number of esters is 1. The van der Waals surface area contributed by atoms with E-state index in [1.807, 2.05) is 0 Å². The van der Waals surface area contributed by atoms with Crippen LogP contribution < -0.4 is 4.74 Å². The molecule has 0 heterocycles. The predicted molar refractivity (Wildman–Crippen MR) is 73.6 cm³/mol. The van der Waals surface area contributed by atoms with Crippen molar-refractivity contribution in [2.45, 2.75) is 13.8 Å². The third kappa shape index (κ3) is 3.81. The lowest BCUT2D eigenvalue weighted by atomic mass is 10.0. The minimum absolute atomic E-state index is 0.0325. The fourth-order valence-electron chi connectivity index (χ4n) is 1.61. The average molecular weight is 314 g/mol. The standard InChI is InChI=1S/C15H16F2O5/c1-4-21-8-10(15(19)22-5-2)13(18)9-6-7-11(16)14(20-3)12(9)17/h6-8H,4-5H2,1-3H3. The van der Waals surface area contributed by atoms with Crippen LogP contribution in [0.2, 0.25) is 0 Å². The number of hydrogen-bond acceptors (Lipinski definition) is 5. The van der Waals surface area contributed by atoms with Crippen LogP contribution in [0.25, 0.3) is 0 Å². The van der Waals surface area contributed by atoms with E-state index in [4.69, 9.17) is 9.47 Å². The van der Waals surface area contributed by atoms with Gasteiger partial charge in [-0.3, -0.25) is 4.79 Å². The molecule has 22 heavy (non-hydrogen) atoms. The van der Waals surface area contributed by atoms with Crippen LogP contribution >= 0.6 is 0 Å². The van der Waals surface area contributed by atoms with Gasteiger partial charge in [0, 0.05) is 0 Å². The Hall–Kier alpha value is -2.44. The van der Waals surface area contributed by atoms with Gasteiger partial charge < -0.3 is 14.2 Å². The molecule has 0 aliphatic rings. The maximum Gasteiger partial charge on any atom is 0.345 e. The maximum atomic E-state index is 14.1. The van der Waals surface area contributed by atoms with Crippen molar-refractivity contribution >= 4 is 11.8 Å². The van der Waals surface area contributed by atoms with E-state index in [9.17, 15) is 18.4 Å². The summed E-state index contributed by atoms with van der Waals surface area (Å²) in [5.74, 6) is -4.79. The fraction of sp³-hybridized carbons (Fsp3) is 0.333. The molecule has 1 rings (SSSR count). The summed E-state index contributed by atoms with van der Waals surface area (Å²) in [5, 5.41) is 0. The largest absolute Gasteiger partial charge is 0.500 e. The van der Waals surface area contributed by atoms with Gasteiger partial charge in [-0.05, 0) is 26.0 Å². The number of methoxy groups -OCH3 is 1. The number of benzene rings is 1. The number of ketones is 1. The summed E-state index contributed by atoms with van der Waals surface area (Å²) < 4.78 is 41.7. The van der Waals surface area contributed by atoms with Crippen LogP contribution in [0, 0.1) is 11.6 Å². The van der Waals surface area contributed by atoms with Gasteiger partial charge in [-0.25, -0.2) is 13.6 Å². The zero-order valence-corrected chi connectivity index (χ0v) is 12.4. The van der Waals surface area contributed by atoms with Crippen LogP contribution in [0.4, 0.5) is 8.78 Å². The summed E-state index contributed by atoms with van der Waals surface area (Å²) in [5.41, 5.74) is -1.01. The molecular weight excluding hydrogens is 298 g/mol. The number of Topliss-reactive ketones (excluding diaryl/α,β-unsaturated/α-hetero) is 1. The number of rotatable bonds is 7. The van der Waals surface area contributed by atoms with Crippen molar-refractivity contribution in [3.8, 4) is 5.75 Å². The first-order valence-corrected chi connectivity index (χ1v) is 6.53. The predicted octanol–water partition coefficient (Wildman–Crippen LogP) is 2.64. The molecule has 0 aromatic heterocycles. The van der Waals surface area contributed by atoms with Crippen LogP contribution in [0.1, 0.15) is 24.2 Å². The third-order valence-corrected chi connectivity index (χ3v) is 2.61. The highest BCUT2D eigenvalue weighted by Crippen LogP contribution is 2.26. The monoisotopic (exact) mass is 314 g/mol. The number of ether oxygens (including phenoxy) is 3. The van der Waals surface area contributed by atoms with Crippen molar-refractivity contribution in [2.24, 2.45) is 0 Å². The number of carbonyl (C=O) groups is 2. The van der Waals surface area contributed by atoms with Crippen molar-refractivity contribution < 1.29 is 32.6 Å². The van der Waals surface area contributed by atoms with E-state index < -0.39 is 40.3 Å². The number of carbonyl (C=O) groups excluding carboxylic acids is 2. The van der Waals surface area contributed by atoms with Crippen molar-refractivity contribution in [3.63, 3.8) is 0 Å². The molecule has 0 aliphatic carbocycles. The minimum atomic E-state index is -1.20. The van der Waals surface area contributed by atoms with Crippen LogP contribution in [0.5, 0.6) is 5.75 Å². The van der Waals surface area contributed by atoms with Gasteiger partial charge >= 0.3 is 5.97 Å². The lowest BCUT2D eigenvalue weighted by molar-refractivity contribution is -0.138. The highest BCUT2D eigenvalue weighted by atomic mass is 19.1. The van der Waals surface area contributed by atoms with Gasteiger partial charge in [0.25, 0.3) is 0 Å². The summed E-state index contributed by atoms with van der Waals surface area (Å²) in [6, 6.07) is 1.80. The molecule has 5 nitrogen and oxygen atoms in total. The van der Waals surface area contributed by atoms with E-state index in [2.05, 4.69) is 4.74 Å². The van der Waals surface area contributed by atoms with Gasteiger partial charge in [-0.1, -0.05) is 0 Å². The first kappa shape index (κ1) is 17.6. The SMILES string of the molecule is CCOC=C(C(=O)OCC)C(=O)c1ccc(F)c(OC)c1F. The zero-order valence-electron chi connectivity index (χ0n) is 12.4. The van der Waals surface area contributed by atoms with Crippen molar-refractivity contribution in [3.05, 3.63) is 41.2 Å². The number of halogens is 2. The molecule has 0 bridgehead atoms. The molecule has 120 valence electrons. The lowest BCUT2D eigenvalue weighted by Gasteiger charge is -2.10. The summed E-state index contributed by atoms with van der Waals surface area (Å²) >= 11 is 0. The first-order chi connectivity index (χ1) is 10.5. The van der Waals surface area contributed by atoms with E-state index in [1.54, 1.807) is 13.8 Å². The van der Waals surface area contributed by atoms with Crippen LogP contribution in [-0.2, 0) is 14.3 Å². The Morgan fingerprint density at radius 2 is 1.86 bits per heavy atom. The fourth-order valence-corrected chi connectivity index (χ4v) is 1.61. The highest BCUT2D eigenvalue weighted by molar-refractivity contribution is 6.24. The summed E-state index contributed by atoms with van der Waals surface area (Å²) in [6.45, 7) is 3.43. The number of hydrogen-bond donors (Lipinski definition) is 0. The average Bonchev–Trinajstić information content (AvgIpc) is 2.48. The van der Waals surface area contributed by atoms with Crippen molar-refractivity contribution in [1.29, 1.82) is 0 Å². The Morgan fingerprint density at radius 1 is 1.18 bits per heavy atom. The minimum Gasteiger partial charge on any atom is -0.500 e. The summed E-state index contributed by atoms with van der Waals surface area (Å²) in [6.07, 6.45) is 0.898. The lowest BCUT2D eigenvalue weighted by Crippen LogP contribution is -2.18. The second-order valence-electron chi connectivity index (χ2n) is 3.98. The molecule has 0 spiro atoms. The molecule has 0 N–H and O–H groups in total. The van der Waals surface area contributed by atoms with Gasteiger partial charge in [0.1, 0.15) is 11.8 Å². The Labute approximate surface area is 126 Å². The van der Waals surface area contributed by atoms with Crippen LogP contribution in [-0.4, -0.2) is 32.1 Å². The molecule has 1 aromatic carbocycles.